The third-order valence-corrected chi connectivity index (χ3v) is 5.94. The molecule has 2 aromatic rings. The first-order valence-electron chi connectivity index (χ1n) is 4.25. The lowest BCUT2D eigenvalue weighted by Gasteiger charge is -1.98. The van der Waals surface area contributed by atoms with Gasteiger partial charge in [-0.1, -0.05) is 11.3 Å². The topological polar surface area (TPSA) is 40.1 Å². The number of hydrogen-bond acceptors (Lipinski definition) is 3. The molecule has 1 aromatic heterocycles. The summed E-state index contributed by atoms with van der Waals surface area (Å²) in [5, 5.41) is 12.6. The van der Waals surface area contributed by atoms with Gasteiger partial charge < -0.3 is 9.90 Å². The summed E-state index contributed by atoms with van der Waals surface area (Å²) in [6, 6.07) is 11.1. The van der Waals surface area contributed by atoms with E-state index in [1.54, 1.807) is 23.5 Å². The number of carboxylic acids is 1. The molecule has 2 nitrogen and oxygen atoms in total. The van der Waals surface area contributed by atoms with Crippen molar-refractivity contribution in [2.75, 3.05) is 0 Å². The molecule has 2 rings (SSSR count). The Hall–Kier alpha value is -0.880. The van der Waals surface area contributed by atoms with Gasteiger partial charge >= 0.3 is 21.2 Å². The van der Waals surface area contributed by atoms with Crippen molar-refractivity contribution >= 4 is 17.3 Å². The summed E-state index contributed by atoms with van der Waals surface area (Å²) >= 11 is 1.59. The molecule has 0 aliphatic rings. The second kappa shape index (κ2) is 4.76. The molecule has 4 heteroatoms. The molecule has 0 atom stereocenters. The number of thiophene rings is 1. The highest BCUT2D eigenvalue weighted by atomic mass is 127. The number of benzene rings is 1. The first-order chi connectivity index (χ1) is 7.25. The van der Waals surface area contributed by atoms with E-state index in [1.165, 1.54) is 6.45 Å². The van der Waals surface area contributed by atoms with Crippen LogP contribution in [0.15, 0.2) is 41.8 Å². The minimum Gasteiger partial charge on any atom is -0.545 e. The van der Waals surface area contributed by atoms with Crippen LogP contribution in [0.3, 0.4) is 0 Å². The van der Waals surface area contributed by atoms with E-state index in [-0.39, 0.29) is 26.8 Å². The van der Waals surface area contributed by atoms with Crippen molar-refractivity contribution < 1.29 is 31.1 Å². The number of carbonyl (C=O) groups excluding carboxylic acids is 1. The predicted octanol–water partition coefficient (Wildman–Crippen LogP) is -1.76. The lowest BCUT2D eigenvalue weighted by Crippen LogP contribution is -3.61. The number of carboxylic acid groups (broad SMARTS) is 1. The van der Waals surface area contributed by atoms with Crippen LogP contribution >= 0.6 is 11.3 Å². The van der Waals surface area contributed by atoms with Crippen LogP contribution in [0.25, 0.3) is 0 Å². The molecule has 0 N–H and O–H groups in total. The molecule has 15 heavy (non-hydrogen) atoms. The lowest BCUT2D eigenvalue weighted by molar-refractivity contribution is -0.591. The van der Waals surface area contributed by atoms with Crippen molar-refractivity contribution in [3.05, 3.63) is 53.8 Å². The summed E-state index contributed by atoms with van der Waals surface area (Å²) in [4.78, 5) is 10.5. The molecule has 0 radical (unpaired) electrons. The Kier molecular flexibility index (Phi) is 3.37. The summed E-state index contributed by atoms with van der Waals surface area (Å²) in [6.45, 7) is 0. The van der Waals surface area contributed by atoms with E-state index in [2.05, 4.69) is 11.4 Å². The Morgan fingerprint density at radius 2 is 1.93 bits per heavy atom. The molecule has 76 valence electrons. The van der Waals surface area contributed by atoms with Crippen LogP contribution in [0.5, 0.6) is 0 Å². The van der Waals surface area contributed by atoms with E-state index < -0.39 is 5.97 Å². The third-order valence-electron chi connectivity index (χ3n) is 1.77. The van der Waals surface area contributed by atoms with Gasteiger partial charge in [0.2, 0.25) is 2.88 Å². The summed E-state index contributed by atoms with van der Waals surface area (Å²) in [5.41, 5.74) is 0.244. The fraction of sp³-hybridized carbons (Fsp3) is 0. The molecule has 0 aliphatic carbocycles. The van der Waals surface area contributed by atoms with Gasteiger partial charge in [0, 0.05) is 6.07 Å². The second-order valence-corrected chi connectivity index (χ2v) is 7.43. The van der Waals surface area contributed by atoms with E-state index in [0.717, 1.165) is 0 Å². The number of halogens is 1. The van der Waals surface area contributed by atoms with Crippen molar-refractivity contribution in [2.45, 2.75) is 0 Å². The Labute approximate surface area is 102 Å². The van der Waals surface area contributed by atoms with Crippen molar-refractivity contribution in [3.8, 4) is 0 Å². The molecule has 0 unspecified atom stereocenters. The van der Waals surface area contributed by atoms with E-state index in [1.807, 2.05) is 18.2 Å². The zero-order valence-corrected chi connectivity index (χ0v) is 10.6. The van der Waals surface area contributed by atoms with E-state index in [0.29, 0.717) is 0 Å². The molecule has 0 aliphatic heterocycles. The lowest BCUT2D eigenvalue weighted by atomic mass is 10.2. The zero-order chi connectivity index (χ0) is 10.7. The molecular formula is C11H7IO2S. The van der Waals surface area contributed by atoms with Crippen LogP contribution in [0, 0.1) is 6.45 Å². The van der Waals surface area contributed by atoms with Crippen LogP contribution in [-0.4, -0.2) is 5.97 Å². The monoisotopic (exact) mass is 330 g/mol. The number of rotatable bonds is 3. The van der Waals surface area contributed by atoms with Gasteiger partial charge in [-0.2, -0.15) is 0 Å². The van der Waals surface area contributed by atoms with Gasteiger partial charge in [-0.25, -0.2) is 0 Å². The van der Waals surface area contributed by atoms with Gasteiger partial charge in [-0.15, -0.1) is 0 Å². The molecule has 0 spiro atoms. The highest BCUT2D eigenvalue weighted by molar-refractivity contribution is 7.07. The van der Waals surface area contributed by atoms with Crippen molar-refractivity contribution in [1.82, 2.24) is 0 Å². The van der Waals surface area contributed by atoms with Gasteiger partial charge in [-0.3, -0.25) is 0 Å². The van der Waals surface area contributed by atoms with Crippen LogP contribution in [-0.2, 0) is 0 Å². The highest BCUT2D eigenvalue weighted by Gasteiger charge is 2.15. The van der Waals surface area contributed by atoms with Crippen molar-refractivity contribution in [2.24, 2.45) is 0 Å². The van der Waals surface area contributed by atoms with Crippen molar-refractivity contribution in [3.63, 3.8) is 0 Å². The normalized spacial score (nSPS) is 10.1. The Morgan fingerprint density at radius 3 is 2.47 bits per heavy atom. The predicted molar refractivity (Wildman–Crippen MR) is 52.5 cm³/mol. The van der Waals surface area contributed by atoms with Crippen molar-refractivity contribution in [1.29, 1.82) is 0 Å². The number of aromatic carboxylic acids is 1. The number of carbonyl (C=O) groups is 1. The summed E-state index contributed by atoms with van der Waals surface area (Å²) in [5.74, 6) is -1.11. The van der Waals surface area contributed by atoms with Crippen LogP contribution in [0.1, 0.15) is 10.4 Å². The smallest absolute Gasteiger partial charge is 0.369 e. The summed E-state index contributed by atoms with van der Waals surface area (Å²) in [6.07, 6.45) is 0. The van der Waals surface area contributed by atoms with Gasteiger partial charge in [0.15, 0.2) is 3.57 Å². The maximum atomic E-state index is 10.5. The highest BCUT2D eigenvalue weighted by Crippen LogP contribution is 1.97. The largest absolute Gasteiger partial charge is 0.545 e. The first kappa shape index (κ1) is 10.6. The maximum Gasteiger partial charge on any atom is 0.369 e. The fourth-order valence-corrected chi connectivity index (χ4v) is 4.70. The van der Waals surface area contributed by atoms with E-state index in [4.69, 9.17) is 0 Å². The first-order valence-corrected chi connectivity index (χ1v) is 7.29. The average molecular weight is 330 g/mol. The molecular weight excluding hydrogens is 323 g/mol. The fourth-order valence-electron chi connectivity index (χ4n) is 1.07. The van der Waals surface area contributed by atoms with E-state index >= 15 is 0 Å². The van der Waals surface area contributed by atoms with Gasteiger partial charge in [0.05, 0.1) is 5.97 Å². The van der Waals surface area contributed by atoms with Gasteiger partial charge in [0.25, 0.3) is 0 Å². The average Bonchev–Trinajstić information content (AvgIpc) is 2.71. The minimum atomic E-state index is -1.11. The number of hydrogen-bond donors (Lipinski definition) is 0. The Bertz CT molecular complexity index is 448. The third kappa shape index (κ3) is 2.79. The SMILES string of the molecule is O=C([O-])c1ccc([I+]c2cccs2)cc1. The second-order valence-electron chi connectivity index (χ2n) is 2.81. The zero-order valence-electron chi connectivity index (χ0n) is 7.64. The summed E-state index contributed by atoms with van der Waals surface area (Å²) < 4.78 is 2.61. The standard InChI is InChI=1S/C11H7IO2S/c13-11(14)8-3-5-9(6-4-8)12-10-2-1-7-15-10/h1-7H. The molecule has 0 saturated heterocycles. The Morgan fingerprint density at radius 1 is 1.20 bits per heavy atom. The Balaban J connectivity index is 2.14. The minimum absolute atomic E-state index is 0.161. The molecule has 0 bridgehead atoms. The molecule has 0 saturated carbocycles. The van der Waals surface area contributed by atoms with Crippen LogP contribution < -0.4 is 26.3 Å². The van der Waals surface area contributed by atoms with E-state index in [9.17, 15) is 9.90 Å². The quantitative estimate of drug-likeness (QED) is 0.626. The molecule has 1 aromatic carbocycles. The van der Waals surface area contributed by atoms with Gasteiger partial charge in [-0.05, 0) is 41.3 Å². The molecule has 0 amide bonds. The van der Waals surface area contributed by atoms with Crippen LogP contribution in [0.2, 0.25) is 0 Å². The van der Waals surface area contributed by atoms with Crippen LogP contribution in [0.4, 0.5) is 0 Å². The maximum absolute atomic E-state index is 10.5. The molecule has 1 heterocycles. The van der Waals surface area contributed by atoms with Gasteiger partial charge in [0.1, 0.15) is 0 Å². The molecule has 0 fully saturated rings. The summed E-state index contributed by atoms with van der Waals surface area (Å²) in [7, 11) is 0.